The summed E-state index contributed by atoms with van der Waals surface area (Å²) in [6.07, 6.45) is 8.02. The third kappa shape index (κ3) is 3.27. The molecule has 1 heterocycles. The Kier molecular flexibility index (Phi) is 4.51. The van der Waals surface area contributed by atoms with Gasteiger partial charge in [0, 0.05) is 25.0 Å². The van der Waals surface area contributed by atoms with Crippen LogP contribution in [0.15, 0.2) is 24.5 Å². The standard InChI is InChI=1S/C14H22N2O/c1-2-16(11-12-7-9-15-10-8-12)13-5-3-4-6-14(13)17/h7-10,13-14,17H,2-6,11H2,1H3/t13-,14-/m1/s1. The molecule has 0 spiro atoms. The first-order valence-corrected chi connectivity index (χ1v) is 6.62. The van der Waals surface area contributed by atoms with Crippen LogP contribution in [0.3, 0.4) is 0 Å². The van der Waals surface area contributed by atoms with Crippen LogP contribution >= 0.6 is 0 Å². The third-order valence-electron chi connectivity index (χ3n) is 3.70. The topological polar surface area (TPSA) is 36.4 Å². The molecule has 0 unspecified atom stereocenters. The van der Waals surface area contributed by atoms with Crippen molar-refractivity contribution >= 4 is 0 Å². The lowest BCUT2D eigenvalue weighted by atomic mass is 9.91. The van der Waals surface area contributed by atoms with E-state index in [1.807, 2.05) is 12.4 Å². The van der Waals surface area contributed by atoms with E-state index < -0.39 is 0 Å². The van der Waals surface area contributed by atoms with Gasteiger partial charge in [0.1, 0.15) is 0 Å². The summed E-state index contributed by atoms with van der Waals surface area (Å²) in [6, 6.07) is 4.44. The second kappa shape index (κ2) is 6.12. The van der Waals surface area contributed by atoms with Crippen molar-refractivity contribution in [1.29, 1.82) is 0 Å². The van der Waals surface area contributed by atoms with Gasteiger partial charge in [0.25, 0.3) is 0 Å². The number of aliphatic hydroxyl groups excluding tert-OH is 1. The molecule has 1 fully saturated rings. The smallest absolute Gasteiger partial charge is 0.0695 e. The highest BCUT2D eigenvalue weighted by atomic mass is 16.3. The van der Waals surface area contributed by atoms with Gasteiger partial charge in [-0.2, -0.15) is 0 Å². The number of hydrogen-bond acceptors (Lipinski definition) is 3. The molecule has 0 saturated heterocycles. The number of rotatable bonds is 4. The molecule has 17 heavy (non-hydrogen) atoms. The Morgan fingerprint density at radius 2 is 2.00 bits per heavy atom. The Morgan fingerprint density at radius 3 is 2.65 bits per heavy atom. The summed E-state index contributed by atoms with van der Waals surface area (Å²) in [6.45, 7) is 4.08. The van der Waals surface area contributed by atoms with Crippen molar-refractivity contribution in [3.8, 4) is 0 Å². The molecule has 2 atom stereocenters. The van der Waals surface area contributed by atoms with Crippen molar-refractivity contribution in [3.63, 3.8) is 0 Å². The second-order valence-electron chi connectivity index (χ2n) is 4.84. The Hall–Kier alpha value is -0.930. The average molecular weight is 234 g/mol. The van der Waals surface area contributed by atoms with Gasteiger partial charge in [-0.3, -0.25) is 9.88 Å². The van der Waals surface area contributed by atoms with E-state index in [-0.39, 0.29) is 6.10 Å². The summed E-state index contributed by atoms with van der Waals surface area (Å²) in [5.41, 5.74) is 1.28. The number of pyridine rings is 1. The van der Waals surface area contributed by atoms with Gasteiger partial charge in [-0.05, 0) is 37.1 Å². The van der Waals surface area contributed by atoms with Crippen LogP contribution in [0.4, 0.5) is 0 Å². The molecule has 1 N–H and O–H groups in total. The Labute approximate surface area is 103 Å². The summed E-state index contributed by atoms with van der Waals surface area (Å²) in [5.74, 6) is 0. The first-order valence-electron chi connectivity index (χ1n) is 6.62. The predicted octanol–water partition coefficient (Wildman–Crippen LogP) is 2.21. The molecule has 0 aromatic carbocycles. The summed E-state index contributed by atoms with van der Waals surface area (Å²) < 4.78 is 0. The molecule has 3 heteroatoms. The van der Waals surface area contributed by atoms with Gasteiger partial charge in [-0.1, -0.05) is 19.8 Å². The van der Waals surface area contributed by atoms with E-state index in [2.05, 4.69) is 28.9 Å². The molecular formula is C14H22N2O. The number of hydrogen-bond donors (Lipinski definition) is 1. The molecule has 1 aliphatic carbocycles. The fourth-order valence-electron chi connectivity index (χ4n) is 2.70. The van der Waals surface area contributed by atoms with Crippen molar-refractivity contribution in [1.82, 2.24) is 9.88 Å². The van der Waals surface area contributed by atoms with E-state index in [9.17, 15) is 5.11 Å². The summed E-state index contributed by atoms with van der Waals surface area (Å²) in [7, 11) is 0. The van der Waals surface area contributed by atoms with Gasteiger partial charge in [0.2, 0.25) is 0 Å². The lowest BCUT2D eigenvalue weighted by Crippen LogP contribution is -2.44. The molecule has 3 nitrogen and oxygen atoms in total. The summed E-state index contributed by atoms with van der Waals surface area (Å²) in [5, 5.41) is 10.1. The van der Waals surface area contributed by atoms with Gasteiger partial charge >= 0.3 is 0 Å². The lowest BCUT2D eigenvalue weighted by molar-refractivity contribution is 0.0182. The van der Waals surface area contributed by atoms with Crippen LogP contribution in [0, 0.1) is 0 Å². The molecule has 1 saturated carbocycles. The molecular weight excluding hydrogens is 212 g/mol. The highest BCUT2D eigenvalue weighted by Crippen LogP contribution is 2.24. The number of aromatic nitrogens is 1. The molecule has 94 valence electrons. The monoisotopic (exact) mass is 234 g/mol. The minimum atomic E-state index is -0.148. The van der Waals surface area contributed by atoms with Gasteiger partial charge in [0.05, 0.1) is 6.10 Å². The quantitative estimate of drug-likeness (QED) is 0.867. The highest BCUT2D eigenvalue weighted by Gasteiger charge is 2.27. The fraction of sp³-hybridized carbons (Fsp3) is 0.643. The van der Waals surface area contributed by atoms with Gasteiger partial charge in [0.15, 0.2) is 0 Å². The number of aliphatic hydroxyl groups is 1. The lowest BCUT2D eigenvalue weighted by Gasteiger charge is -2.37. The molecule has 1 aliphatic rings. The molecule has 0 bridgehead atoms. The first kappa shape index (κ1) is 12.5. The van der Waals surface area contributed by atoms with E-state index in [0.29, 0.717) is 6.04 Å². The zero-order chi connectivity index (χ0) is 12.1. The fourth-order valence-corrected chi connectivity index (χ4v) is 2.70. The first-order chi connectivity index (χ1) is 8.31. The molecule has 1 aromatic rings. The van der Waals surface area contributed by atoms with E-state index in [1.54, 1.807) is 0 Å². The maximum atomic E-state index is 10.1. The van der Waals surface area contributed by atoms with Crippen molar-refractivity contribution < 1.29 is 5.11 Å². The average Bonchev–Trinajstić information content (AvgIpc) is 2.38. The van der Waals surface area contributed by atoms with Gasteiger partial charge in [-0.15, -0.1) is 0 Å². The van der Waals surface area contributed by atoms with E-state index in [0.717, 1.165) is 25.9 Å². The third-order valence-corrected chi connectivity index (χ3v) is 3.70. The number of likely N-dealkylation sites (N-methyl/N-ethyl adjacent to an activating group) is 1. The van der Waals surface area contributed by atoms with Crippen molar-refractivity contribution in [3.05, 3.63) is 30.1 Å². The Balaban J connectivity index is 2.00. The molecule has 1 aromatic heterocycles. The van der Waals surface area contributed by atoms with Gasteiger partial charge < -0.3 is 5.11 Å². The Morgan fingerprint density at radius 1 is 1.29 bits per heavy atom. The minimum Gasteiger partial charge on any atom is -0.391 e. The maximum Gasteiger partial charge on any atom is 0.0695 e. The van der Waals surface area contributed by atoms with E-state index >= 15 is 0 Å². The van der Waals surface area contributed by atoms with Crippen molar-refractivity contribution in [2.24, 2.45) is 0 Å². The van der Waals surface area contributed by atoms with Gasteiger partial charge in [-0.25, -0.2) is 0 Å². The zero-order valence-corrected chi connectivity index (χ0v) is 10.5. The van der Waals surface area contributed by atoms with Crippen LogP contribution in [-0.4, -0.2) is 33.7 Å². The summed E-state index contributed by atoms with van der Waals surface area (Å²) >= 11 is 0. The zero-order valence-electron chi connectivity index (χ0n) is 10.5. The van der Waals surface area contributed by atoms with Crippen LogP contribution in [0.5, 0.6) is 0 Å². The van der Waals surface area contributed by atoms with E-state index in [1.165, 1.54) is 18.4 Å². The van der Waals surface area contributed by atoms with E-state index in [4.69, 9.17) is 0 Å². The minimum absolute atomic E-state index is 0.148. The second-order valence-corrected chi connectivity index (χ2v) is 4.84. The normalized spacial score (nSPS) is 25.1. The highest BCUT2D eigenvalue weighted by molar-refractivity contribution is 5.09. The summed E-state index contributed by atoms with van der Waals surface area (Å²) in [4.78, 5) is 6.43. The van der Waals surface area contributed by atoms with Crippen LogP contribution in [0.25, 0.3) is 0 Å². The van der Waals surface area contributed by atoms with Crippen LogP contribution < -0.4 is 0 Å². The predicted molar refractivity (Wildman–Crippen MR) is 68.6 cm³/mol. The maximum absolute atomic E-state index is 10.1. The van der Waals surface area contributed by atoms with Crippen LogP contribution in [0.2, 0.25) is 0 Å². The Bertz CT molecular complexity index is 328. The largest absolute Gasteiger partial charge is 0.391 e. The molecule has 0 amide bonds. The van der Waals surface area contributed by atoms with Crippen LogP contribution in [0.1, 0.15) is 38.2 Å². The van der Waals surface area contributed by atoms with Crippen molar-refractivity contribution in [2.45, 2.75) is 51.3 Å². The molecule has 2 rings (SSSR count). The molecule has 0 radical (unpaired) electrons. The number of nitrogens with zero attached hydrogens (tertiary/aromatic N) is 2. The van der Waals surface area contributed by atoms with Crippen molar-refractivity contribution in [2.75, 3.05) is 6.54 Å². The molecule has 0 aliphatic heterocycles. The van der Waals surface area contributed by atoms with Crippen LogP contribution in [-0.2, 0) is 6.54 Å². The SMILES string of the molecule is CCN(Cc1ccncc1)[C@@H]1CCCC[C@H]1O.